The van der Waals surface area contributed by atoms with E-state index in [1.54, 1.807) is 19.1 Å². The van der Waals surface area contributed by atoms with Gasteiger partial charge in [0.1, 0.15) is 5.76 Å². The van der Waals surface area contributed by atoms with Crippen molar-refractivity contribution in [3.8, 4) is 0 Å². The van der Waals surface area contributed by atoms with E-state index in [1.807, 2.05) is 0 Å². The number of urea groups is 1. The quantitative estimate of drug-likeness (QED) is 0.612. The highest BCUT2D eigenvalue weighted by atomic mass is 16.3. The number of nitrogens with two attached hydrogens (primary N) is 1. The lowest BCUT2D eigenvalue weighted by atomic mass is 9.99. The Morgan fingerprint density at radius 1 is 1.52 bits per heavy atom. The molecule has 0 aromatic carbocycles. The Bertz CT molecular complexity index is 542. The van der Waals surface area contributed by atoms with E-state index in [9.17, 15) is 14.4 Å². The smallest absolute Gasteiger partial charge is 0.325 e. The van der Waals surface area contributed by atoms with Gasteiger partial charge in [-0.15, -0.1) is 0 Å². The lowest BCUT2D eigenvalue weighted by Crippen LogP contribution is -2.41. The number of carbonyl (C=O) groups is 3. The van der Waals surface area contributed by atoms with Crippen LogP contribution in [0.2, 0.25) is 0 Å². The summed E-state index contributed by atoms with van der Waals surface area (Å²) in [5.41, 5.74) is 4.05. The van der Waals surface area contributed by atoms with Gasteiger partial charge in [0.05, 0.1) is 6.26 Å². The van der Waals surface area contributed by atoms with E-state index >= 15 is 0 Å². The highest BCUT2D eigenvalue weighted by Crippen LogP contribution is 2.28. The second kappa shape index (κ2) is 5.96. The number of amides is 4. The average molecular weight is 294 g/mol. The summed E-state index contributed by atoms with van der Waals surface area (Å²) in [6, 6.07) is 2.73. The van der Waals surface area contributed by atoms with Crippen molar-refractivity contribution in [2.24, 2.45) is 5.73 Å². The van der Waals surface area contributed by atoms with Crippen molar-refractivity contribution in [2.75, 3.05) is 19.6 Å². The number of rotatable bonds is 6. The van der Waals surface area contributed by atoms with Crippen LogP contribution in [0.4, 0.5) is 4.79 Å². The zero-order valence-corrected chi connectivity index (χ0v) is 11.7. The molecule has 8 heteroatoms. The number of hydrogen-bond donors (Lipinski definition) is 3. The number of carbonyl (C=O) groups excluding carboxylic acids is 3. The Hall–Kier alpha value is -2.35. The number of furan rings is 1. The molecule has 1 fully saturated rings. The molecule has 0 aliphatic carbocycles. The van der Waals surface area contributed by atoms with E-state index in [1.165, 1.54) is 6.26 Å². The third-order valence-electron chi connectivity index (χ3n) is 3.32. The average Bonchev–Trinajstić information content (AvgIpc) is 3.05. The number of hydrogen-bond acceptors (Lipinski definition) is 5. The van der Waals surface area contributed by atoms with Crippen molar-refractivity contribution in [3.05, 3.63) is 24.2 Å². The molecule has 1 aromatic rings. The molecule has 1 aliphatic heterocycles. The van der Waals surface area contributed by atoms with Crippen LogP contribution in [0.5, 0.6) is 0 Å². The van der Waals surface area contributed by atoms with Crippen molar-refractivity contribution in [3.63, 3.8) is 0 Å². The summed E-state index contributed by atoms with van der Waals surface area (Å²) in [7, 11) is 0. The van der Waals surface area contributed by atoms with Crippen molar-refractivity contribution in [1.82, 2.24) is 15.5 Å². The van der Waals surface area contributed by atoms with Gasteiger partial charge in [-0.3, -0.25) is 14.5 Å². The standard InChI is InChI=1S/C13H18N4O4/c1-13(9-3-2-8-21-9)11(19)17(12(20)16-13)7-4-10(18)15-6-5-14/h2-3,8H,4-7,14H2,1H3,(H,15,18)(H,16,20). The van der Waals surface area contributed by atoms with Crippen LogP contribution in [-0.4, -0.2) is 42.4 Å². The van der Waals surface area contributed by atoms with Gasteiger partial charge < -0.3 is 20.8 Å². The molecule has 21 heavy (non-hydrogen) atoms. The summed E-state index contributed by atoms with van der Waals surface area (Å²) < 4.78 is 5.21. The summed E-state index contributed by atoms with van der Waals surface area (Å²) in [5, 5.41) is 5.17. The summed E-state index contributed by atoms with van der Waals surface area (Å²) >= 11 is 0. The largest absolute Gasteiger partial charge is 0.466 e. The predicted octanol–water partition coefficient (Wildman–Crippen LogP) is -0.488. The van der Waals surface area contributed by atoms with Crippen LogP contribution in [0.1, 0.15) is 19.1 Å². The molecule has 1 unspecified atom stereocenters. The van der Waals surface area contributed by atoms with Crippen molar-refractivity contribution >= 4 is 17.8 Å². The first-order valence-corrected chi connectivity index (χ1v) is 6.64. The van der Waals surface area contributed by atoms with E-state index in [2.05, 4.69) is 10.6 Å². The van der Waals surface area contributed by atoms with Crippen molar-refractivity contribution in [1.29, 1.82) is 0 Å². The maximum atomic E-state index is 12.4. The van der Waals surface area contributed by atoms with Gasteiger partial charge >= 0.3 is 6.03 Å². The fraction of sp³-hybridized carbons (Fsp3) is 0.462. The first kappa shape index (κ1) is 15.0. The van der Waals surface area contributed by atoms with Gasteiger partial charge in [-0.25, -0.2) is 4.79 Å². The predicted molar refractivity (Wildman–Crippen MR) is 73.0 cm³/mol. The molecule has 1 aromatic heterocycles. The Balaban J connectivity index is 2.01. The second-order valence-electron chi connectivity index (χ2n) is 4.88. The SMILES string of the molecule is CC1(c2ccco2)NC(=O)N(CCC(=O)NCCN)C1=O. The van der Waals surface area contributed by atoms with E-state index in [4.69, 9.17) is 10.2 Å². The molecule has 1 atom stereocenters. The maximum Gasteiger partial charge on any atom is 0.325 e. The van der Waals surface area contributed by atoms with Gasteiger partial charge in [0.2, 0.25) is 5.91 Å². The van der Waals surface area contributed by atoms with Crippen LogP contribution in [0.25, 0.3) is 0 Å². The van der Waals surface area contributed by atoms with Gasteiger partial charge in [0, 0.05) is 26.1 Å². The van der Waals surface area contributed by atoms with E-state index in [0.717, 1.165) is 4.90 Å². The molecule has 4 amide bonds. The molecule has 0 saturated carbocycles. The van der Waals surface area contributed by atoms with Crippen molar-refractivity contribution < 1.29 is 18.8 Å². The topological polar surface area (TPSA) is 118 Å². The molecule has 1 aliphatic rings. The summed E-state index contributed by atoms with van der Waals surface area (Å²) in [6.45, 7) is 2.28. The summed E-state index contributed by atoms with van der Waals surface area (Å²) in [5.74, 6) is -0.336. The first-order chi connectivity index (χ1) is 9.99. The molecule has 2 rings (SSSR count). The Morgan fingerprint density at radius 3 is 2.90 bits per heavy atom. The van der Waals surface area contributed by atoms with E-state index in [0.29, 0.717) is 18.8 Å². The van der Waals surface area contributed by atoms with E-state index < -0.39 is 17.5 Å². The first-order valence-electron chi connectivity index (χ1n) is 6.64. The highest BCUT2D eigenvalue weighted by molar-refractivity contribution is 6.07. The number of imide groups is 1. The maximum absolute atomic E-state index is 12.4. The van der Waals surface area contributed by atoms with Crippen LogP contribution in [0.3, 0.4) is 0 Å². The molecule has 0 spiro atoms. The highest BCUT2D eigenvalue weighted by Gasteiger charge is 2.50. The molecular formula is C13H18N4O4. The lowest BCUT2D eigenvalue weighted by molar-refractivity contribution is -0.132. The molecule has 114 valence electrons. The van der Waals surface area contributed by atoms with Crippen molar-refractivity contribution in [2.45, 2.75) is 18.9 Å². The van der Waals surface area contributed by atoms with Crippen LogP contribution < -0.4 is 16.4 Å². The molecule has 0 radical (unpaired) electrons. The normalized spacial score (nSPS) is 21.5. The molecular weight excluding hydrogens is 276 g/mol. The zero-order valence-electron chi connectivity index (χ0n) is 11.7. The minimum absolute atomic E-state index is 0.0113. The molecule has 8 nitrogen and oxygen atoms in total. The zero-order chi connectivity index (χ0) is 15.5. The van der Waals surface area contributed by atoms with Crippen LogP contribution in [0.15, 0.2) is 22.8 Å². The van der Waals surface area contributed by atoms with Crippen LogP contribution in [0, 0.1) is 0 Å². The number of nitrogens with zero attached hydrogens (tertiary/aromatic N) is 1. The van der Waals surface area contributed by atoms with Gasteiger partial charge in [0.15, 0.2) is 5.54 Å². The van der Waals surface area contributed by atoms with E-state index in [-0.39, 0.29) is 18.9 Å². The second-order valence-corrected chi connectivity index (χ2v) is 4.88. The minimum Gasteiger partial charge on any atom is -0.466 e. The third kappa shape index (κ3) is 2.89. The molecule has 4 N–H and O–H groups in total. The molecule has 2 heterocycles. The lowest BCUT2D eigenvalue weighted by Gasteiger charge is -2.18. The van der Waals surface area contributed by atoms with Gasteiger partial charge in [-0.2, -0.15) is 0 Å². The number of nitrogens with one attached hydrogen (secondary N) is 2. The minimum atomic E-state index is -1.23. The summed E-state index contributed by atoms with van der Waals surface area (Å²) in [4.78, 5) is 36.8. The van der Waals surface area contributed by atoms with Gasteiger partial charge in [0.25, 0.3) is 5.91 Å². The summed E-state index contributed by atoms with van der Waals surface area (Å²) in [6.07, 6.45) is 1.47. The van der Waals surface area contributed by atoms with Crippen LogP contribution in [-0.2, 0) is 15.1 Å². The molecule has 1 saturated heterocycles. The monoisotopic (exact) mass is 294 g/mol. The Labute approximate surface area is 121 Å². The Kier molecular flexibility index (Phi) is 4.27. The fourth-order valence-electron chi connectivity index (χ4n) is 2.14. The molecule has 0 bridgehead atoms. The fourth-order valence-corrected chi connectivity index (χ4v) is 2.14. The third-order valence-corrected chi connectivity index (χ3v) is 3.32. The van der Waals surface area contributed by atoms with Gasteiger partial charge in [-0.1, -0.05) is 0 Å². The van der Waals surface area contributed by atoms with Crippen LogP contribution >= 0.6 is 0 Å². The Morgan fingerprint density at radius 2 is 2.29 bits per heavy atom. The van der Waals surface area contributed by atoms with Gasteiger partial charge in [-0.05, 0) is 19.1 Å².